The molecule has 0 spiro atoms. The van der Waals surface area contributed by atoms with Gasteiger partial charge in [-0.3, -0.25) is 11.3 Å². The fourth-order valence-electron chi connectivity index (χ4n) is 1.64. The summed E-state index contributed by atoms with van der Waals surface area (Å²) >= 11 is 5.11. The number of hydrogen-bond acceptors (Lipinski definition) is 5. The molecule has 0 aliphatic carbocycles. The zero-order valence-electron chi connectivity index (χ0n) is 11.5. The first kappa shape index (κ1) is 18.0. The molecule has 0 aromatic heterocycles. The second-order valence-electron chi connectivity index (χ2n) is 4.51. The van der Waals surface area contributed by atoms with Gasteiger partial charge in [-0.25, -0.2) is 8.42 Å². The van der Waals surface area contributed by atoms with Gasteiger partial charge in [-0.2, -0.15) is 0 Å². The SMILES string of the molecule is CCS(=O)(=O)CCCC(CSc1ccc(Br)cc1)NN. The lowest BCUT2D eigenvalue weighted by molar-refractivity contribution is 0.528. The zero-order valence-corrected chi connectivity index (χ0v) is 14.7. The molecule has 0 saturated carbocycles. The maximum atomic E-state index is 11.4. The minimum absolute atomic E-state index is 0.121. The Balaban J connectivity index is 2.34. The van der Waals surface area contributed by atoms with Gasteiger partial charge >= 0.3 is 0 Å². The molecule has 0 fully saturated rings. The molecule has 1 aromatic carbocycles. The number of nitrogens with two attached hydrogens (primary N) is 1. The number of nitrogens with one attached hydrogen (secondary N) is 1. The van der Waals surface area contributed by atoms with Gasteiger partial charge in [0.25, 0.3) is 0 Å². The molecule has 0 aliphatic rings. The summed E-state index contributed by atoms with van der Waals surface area (Å²) in [5.41, 5.74) is 2.76. The standard InChI is InChI=1S/C13H21BrN2O2S2/c1-2-20(17,18)9-3-4-12(16-15)10-19-13-7-5-11(14)6-8-13/h5-8,12,16H,2-4,9-10,15H2,1H3. The van der Waals surface area contributed by atoms with Gasteiger partial charge in [-0.1, -0.05) is 22.9 Å². The van der Waals surface area contributed by atoms with Gasteiger partial charge in [0.2, 0.25) is 0 Å². The molecule has 0 bridgehead atoms. The second kappa shape index (κ2) is 9.04. The Kier molecular flexibility index (Phi) is 8.13. The third-order valence-electron chi connectivity index (χ3n) is 2.95. The molecule has 3 N–H and O–H groups in total. The molecule has 114 valence electrons. The van der Waals surface area contributed by atoms with Crippen LogP contribution in [0, 0.1) is 0 Å². The molecule has 1 aromatic rings. The predicted molar refractivity (Wildman–Crippen MR) is 89.5 cm³/mol. The lowest BCUT2D eigenvalue weighted by atomic mass is 10.2. The van der Waals surface area contributed by atoms with E-state index in [1.165, 1.54) is 4.90 Å². The van der Waals surface area contributed by atoms with Crippen molar-refractivity contribution in [1.82, 2.24) is 5.43 Å². The van der Waals surface area contributed by atoms with E-state index in [1.807, 2.05) is 24.3 Å². The summed E-state index contributed by atoms with van der Waals surface area (Å²) in [6, 6.07) is 8.21. The predicted octanol–water partition coefficient (Wildman–Crippen LogP) is 2.59. The van der Waals surface area contributed by atoms with Crippen molar-refractivity contribution in [2.75, 3.05) is 17.3 Å². The molecule has 1 atom stereocenters. The molecule has 0 heterocycles. The summed E-state index contributed by atoms with van der Waals surface area (Å²) < 4.78 is 23.9. The topological polar surface area (TPSA) is 72.2 Å². The van der Waals surface area contributed by atoms with E-state index in [2.05, 4.69) is 21.4 Å². The zero-order chi connectivity index (χ0) is 15.0. The molecule has 0 aliphatic heterocycles. The van der Waals surface area contributed by atoms with Crippen LogP contribution in [0.4, 0.5) is 0 Å². The smallest absolute Gasteiger partial charge is 0.150 e. The average molecular weight is 381 g/mol. The van der Waals surface area contributed by atoms with E-state index in [-0.39, 0.29) is 17.5 Å². The Morgan fingerprint density at radius 1 is 1.35 bits per heavy atom. The molecule has 1 unspecified atom stereocenters. The average Bonchev–Trinajstić information content (AvgIpc) is 2.44. The maximum Gasteiger partial charge on any atom is 0.150 e. The van der Waals surface area contributed by atoms with Crippen molar-refractivity contribution in [3.63, 3.8) is 0 Å². The Morgan fingerprint density at radius 2 is 2.00 bits per heavy atom. The molecule has 0 amide bonds. The van der Waals surface area contributed by atoms with Crippen LogP contribution in [-0.4, -0.2) is 31.7 Å². The molecule has 0 radical (unpaired) electrons. The molecular formula is C13H21BrN2O2S2. The lowest BCUT2D eigenvalue weighted by Crippen LogP contribution is -2.37. The Bertz CT molecular complexity index is 492. The highest BCUT2D eigenvalue weighted by atomic mass is 79.9. The number of thioether (sulfide) groups is 1. The van der Waals surface area contributed by atoms with E-state index < -0.39 is 9.84 Å². The molecule has 20 heavy (non-hydrogen) atoms. The van der Waals surface area contributed by atoms with Crippen LogP contribution in [0.3, 0.4) is 0 Å². The van der Waals surface area contributed by atoms with Crippen LogP contribution < -0.4 is 11.3 Å². The van der Waals surface area contributed by atoms with Crippen molar-refractivity contribution < 1.29 is 8.42 Å². The van der Waals surface area contributed by atoms with Gasteiger partial charge in [0.15, 0.2) is 0 Å². The van der Waals surface area contributed by atoms with E-state index in [1.54, 1.807) is 18.7 Å². The molecular weight excluding hydrogens is 360 g/mol. The molecule has 0 saturated heterocycles. The van der Waals surface area contributed by atoms with Crippen molar-refractivity contribution in [2.24, 2.45) is 5.84 Å². The van der Waals surface area contributed by atoms with Gasteiger partial charge in [0.05, 0.1) is 5.75 Å². The lowest BCUT2D eigenvalue weighted by Gasteiger charge is -2.15. The monoisotopic (exact) mass is 380 g/mol. The van der Waals surface area contributed by atoms with Gasteiger partial charge in [-0.15, -0.1) is 11.8 Å². The summed E-state index contributed by atoms with van der Waals surface area (Å²) in [5, 5.41) is 0. The maximum absolute atomic E-state index is 11.4. The second-order valence-corrected chi connectivity index (χ2v) is 8.99. The van der Waals surface area contributed by atoms with Crippen LogP contribution >= 0.6 is 27.7 Å². The molecule has 7 heteroatoms. The van der Waals surface area contributed by atoms with E-state index in [0.29, 0.717) is 6.42 Å². The Labute approximate surface area is 133 Å². The quantitative estimate of drug-likeness (QED) is 0.391. The third kappa shape index (κ3) is 7.08. The van der Waals surface area contributed by atoms with Crippen molar-refractivity contribution in [3.8, 4) is 0 Å². The van der Waals surface area contributed by atoms with Gasteiger partial charge < -0.3 is 0 Å². The first-order valence-electron chi connectivity index (χ1n) is 6.51. The van der Waals surface area contributed by atoms with Gasteiger partial charge in [0.1, 0.15) is 9.84 Å². The minimum Gasteiger partial charge on any atom is -0.271 e. The van der Waals surface area contributed by atoms with E-state index in [4.69, 9.17) is 5.84 Å². The first-order chi connectivity index (χ1) is 9.46. The summed E-state index contributed by atoms with van der Waals surface area (Å²) in [4.78, 5) is 1.18. The molecule has 4 nitrogen and oxygen atoms in total. The highest BCUT2D eigenvalue weighted by Crippen LogP contribution is 2.22. The van der Waals surface area contributed by atoms with Gasteiger partial charge in [-0.05, 0) is 37.1 Å². The van der Waals surface area contributed by atoms with Crippen LogP contribution in [0.25, 0.3) is 0 Å². The van der Waals surface area contributed by atoms with Crippen LogP contribution in [0.5, 0.6) is 0 Å². The van der Waals surface area contributed by atoms with Crippen LogP contribution in [-0.2, 0) is 9.84 Å². The summed E-state index contributed by atoms with van der Waals surface area (Å²) in [6.45, 7) is 1.68. The van der Waals surface area contributed by atoms with Crippen molar-refractivity contribution >= 4 is 37.5 Å². The van der Waals surface area contributed by atoms with Crippen molar-refractivity contribution in [1.29, 1.82) is 0 Å². The van der Waals surface area contributed by atoms with Crippen LogP contribution in [0.15, 0.2) is 33.6 Å². The number of hydrazine groups is 1. The summed E-state index contributed by atoms with van der Waals surface area (Å²) in [5.74, 6) is 6.80. The number of rotatable bonds is 9. The van der Waals surface area contributed by atoms with Gasteiger partial charge in [0, 0.05) is 26.9 Å². The van der Waals surface area contributed by atoms with E-state index >= 15 is 0 Å². The number of benzene rings is 1. The number of hydrogen-bond donors (Lipinski definition) is 2. The first-order valence-corrected chi connectivity index (χ1v) is 10.1. The minimum atomic E-state index is -2.88. The van der Waals surface area contributed by atoms with Crippen LogP contribution in [0.1, 0.15) is 19.8 Å². The summed E-state index contributed by atoms with van der Waals surface area (Å²) in [6.07, 6.45) is 1.41. The van der Waals surface area contributed by atoms with Crippen molar-refractivity contribution in [2.45, 2.75) is 30.7 Å². The largest absolute Gasteiger partial charge is 0.271 e. The van der Waals surface area contributed by atoms with E-state index in [9.17, 15) is 8.42 Å². The van der Waals surface area contributed by atoms with E-state index in [0.717, 1.165) is 16.6 Å². The van der Waals surface area contributed by atoms with Crippen molar-refractivity contribution in [3.05, 3.63) is 28.7 Å². The Hall–Kier alpha value is -0.0800. The third-order valence-corrected chi connectivity index (χ3v) is 6.44. The van der Waals surface area contributed by atoms with Crippen LogP contribution in [0.2, 0.25) is 0 Å². The molecule has 1 rings (SSSR count). The highest BCUT2D eigenvalue weighted by molar-refractivity contribution is 9.10. The normalized spacial score (nSPS) is 13.3. The fourth-order valence-corrected chi connectivity index (χ4v) is 3.78. The summed E-state index contributed by atoms with van der Waals surface area (Å²) in [7, 11) is -2.88. The number of sulfone groups is 1. The number of halogens is 1. The fraction of sp³-hybridized carbons (Fsp3) is 0.538. The highest BCUT2D eigenvalue weighted by Gasteiger charge is 2.11. The Morgan fingerprint density at radius 3 is 2.55 bits per heavy atom.